The Balaban J connectivity index is 1.88. The first-order valence-corrected chi connectivity index (χ1v) is 7.06. The number of hydrogen-bond acceptors (Lipinski definition) is 3. The molecular weight excluding hydrogens is 277 g/mol. The van der Waals surface area contributed by atoms with Gasteiger partial charge < -0.3 is 10.5 Å². The highest BCUT2D eigenvalue weighted by Crippen LogP contribution is 2.22. The van der Waals surface area contributed by atoms with Crippen molar-refractivity contribution in [1.29, 1.82) is 0 Å². The van der Waals surface area contributed by atoms with Crippen molar-refractivity contribution in [2.75, 3.05) is 12.4 Å². The lowest BCUT2D eigenvalue weighted by Crippen LogP contribution is -2.13. The van der Waals surface area contributed by atoms with Crippen molar-refractivity contribution in [3.8, 4) is 5.75 Å². The van der Waals surface area contributed by atoms with Gasteiger partial charge in [0.15, 0.2) is 0 Å². The fourth-order valence-electron chi connectivity index (χ4n) is 1.66. The normalized spacial score (nSPS) is 10.2. The maximum Gasteiger partial charge on any atom is 0.252 e. The van der Waals surface area contributed by atoms with Gasteiger partial charge in [0.05, 0.1) is 12.2 Å². The van der Waals surface area contributed by atoms with Gasteiger partial charge in [0.2, 0.25) is 0 Å². The molecule has 0 radical (unpaired) electrons. The maximum absolute atomic E-state index is 13.4. The zero-order valence-corrected chi connectivity index (χ0v) is 11.5. The predicted octanol–water partition coefficient (Wildman–Crippen LogP) is 3.10. The third kappa shape index (κ3) is 3.74. The molecule has 0 bridgehead atoms. The molecule has 5 heteroatoms. The van der Waals surface area contributed by atoms with Crippen LogP contribution < -0.4 is 10.5 Å². The van der Waals surface area contributed by atoms with Crippen LogP contribution in [0.3, 0.4) is 0 Å². The van der Waals surface area contributed by atoms with E-state index in [2.05, 4.69) is 0 Å². The first kappa shape index (κ1) is 14.4. The summed E-state index contributed by atoms with van der Waals surface area (Å²) in [5, 5.41) is 0. The first-order chi connectivity index (χ1) is 9.68. The third-order valence-electron chi connectivity index (χ3n) is 2.59. The van der Waals surface area contributed by atoms with Gasteiger partial charge in [0.1, 0.15) is 11.6 Å². The Bertz CT molecular complexity index is 604. The zero-order valence-electron chi connectivity index (χ0n) is 10.7. The number of amides is 1. The number of para-hydroxylation sites is 1. The third-order valence-corrected chi connectivity index (χ3v) is 3.60. The van der Waals surface area contributed by atoms with Crippen LogP contribution in [0.5, 0.6) is 5.75 Å². The summed E-state index contributed by atoms with van der Waals surface area (Å²) < 4.78 is 18.9. The standard InChI is InChI=1S/C15H14FNO2S/c16-12-6-2-4-8-14(12)20-10-9-19-13-7-3-1-5-11(13)15(17)18/h1-8H,9-10H2,(H2,17,18). The number of ether oxygens (including phenoxy) is 1. The quantitative estimate of drug-likeness (QED) is 0.657. The lowest BCUT2D eigenvalue weighted by molar-refractivity contribution is 0.0996. The Morgan fingerprint density at radius 2 is 1.85 bits per heavy atom. The van der Waals surface area contributed by atoms with Gasteiger partial charge in [-0.2, -0.15) is 0 Å². The lowest BCUT2D eigenvalue weighted by Gasteiger charge is -2.09. The van der Waals surface area contributed by atoms with Crippen LogP contribution in [-0.4, -0.2) is 18.3 Å². The fourth-order valence-corrected chi connectivity index (χ4v) is 2.43. The minimum atomic E-state index is -0.526. The Morgan fingerprint density at radius 3 is 2.60 bits per heavy atom. The molecule has 0 aliphatic heterocycles. The summed E-state index contributed by atoms with van der Waals surface area (Å²) in [7, 11) is 0. The molecule has 0 saturated heterocycles. The van der Waals surface area contributed by atoms with Gasteiger partial charge >= 0.3 is 0 Å². The van der Waals surface area contributed by atoms with Gasteiger partial charge in [-0.1, -0.05) is 24.3 Å². The highest BCUT2D eigenvalue weighted by molar-refractivity contribution is 7.99. The Morgan fingerprint density at radius 1 is 1.15 bits per heavy atom. The molecule has 0 aliphatic carbocycles. The summed E-state index contributed by atoms with van der Waals surface area (Å²) in [6.07, 6.45) is 0. The molecule has 3 nitrogen and oxygen atoms in total. The van der Waals surface area contributed by atoms with Crippen LogP contribution in [0.1, 0.15) is 10.4 Å². The van der Waals surface area contributed by atoms with Crippen LogP contribution in [0.2, 0.25) is 0 Å². The van der Waals surface area contributed by atoms with Gasteiger partial charge in [-0.3, -0.25) is 4.79 Å². The molecule has 0 heterocycles. The summed E-state index contributed by atoms with van der Waals surface area (Å²) in [6.45, 7) is 0.364. The molecule has 2 rings (SSSR count). The molecule has 2 aromatic carbocycles. The van der Waals surface area contributed by atoms with E-state index in [9.17, 15) is 9.18 Å². The van der Waals surface area contributed by atoms with Gasteiger partial charge in [-0.05, 0) is 24.3 Å². The van der Waals surface area contributed by atoms with E-state index in [0.717, 1.165) is 0 Å². The van der Waals surface area contributed by atoms with Gasteiger partial charge in [-0.25, -0.2) is 4.39 Å². The highest BCUT2D eigenvalue weighted by Gasteiger charge is 2.08. The van der Waals surface area contributed by atoms with E-state index in [0.29, 0.717) is 28.6 Å². The predicted molar refractivity (Wildman–Crippen MR) is 77.6 cm³/mol. The first-order valence-electron chi connectivity index (χ1n) is 6.07. The molecule has 2 aromatic rings. The topological polar surface area (TPSA) is 52.3 Å². The minimum absolute atomic E-state index is 0.241. The minimum Gasteiger partial charge on any atom is -0.492 e. The second kappa shape index (κ2) is 6.96. The summed E-state index contributed by atoms with van der Waals surface area (Å²) in [5.41, 5.74) is 5.61. The summed E-state index contributed by atoms with van der Waals surface area (Å²) in [5.74, 6) is 0.264. The van der Waals surface area contributed by atoms with Crippen molar-refractivity contribution in [2.45, 2.75) is 4.90 Å². The number of carbonyl (C=O) groups is 1. The number of thioether (sulfide) groups is 1. The molecule has 0 unspecified atom stereocenters. The lowest BCUT2D eigenvalue weighted by atomic mass is 10.2. The van der Waals surface area contributed by atoms with Crippen LogP contribution in [0.15, 0.2) is 53.4 Å². The molecule has 0 saturated carbocycles. The van der Waals surface area contributed by atoms with Gasteiger partial charge in [-0.15, -0.1) is 11.8 Å². The average Bonchev–Trinajstić information content (AvgIpc) is 2.45. The van der Waals surface area contributed by atoms with Crippen LogP contribution >= 0.6 is 11.8 Å². The molecule has 0 aliphatic rings. The van der Waals surface area contributed by atoms with Crippen molar-refractivity contribution in [1.82, 2.24) is 0 Å². The number of benzene rings is 2. The fraction of sp³-hybridized carbons (Fsp3) is 0.133. The van der Waals surface area contributed by atoms with E-state index in [1.165, 1.54) is 17.8 Å². The Labute approximate surface area is 120 Å². The SMILES string of the molecule is NC(=O)c1ccccc1OCCSc1ccccc1F. The van der Waals surface area contributed by atoms with Gasteiger partial charge in [0.25, 0.3) is 5.91 Å². The smallest absolute Gasteiger partial charge is 0.252 e. The molecule has 0 atom stereocenters. The monoisotopic (exact) mass is 291 g/mol. The number of primary amides is 1. The number of hydrogen-bond donors (Lipinski definition) is 1. The largest absolute Gasteiger partial charge is 0.492 e. The van der Waals surface area contributed by atoms with Crippen LogP contribution in [-0.2, 0) is 0 Å². The van der Waals surface area contributed by atoms with Crippen molar-refractivity contribution < 1.29 is 13.9 Å². The molecule has 0 fully saturated rings. The van der Waals surface area contributed by atoms with Crippen molar-refractivity contribution >= 4 is 17.7 Å². The number of nitrogens with two attached hydrogens (primary N) is 1. The van der Waals surface area contributed by atoms with E-state index in [1.54, 1.807) is 42.5 Å². The van der Waals surface area contributed by atoms with Crippen molar-refractivity contribution in [3.63, 3.8) is 0 Å². The molecule has 0 aromatic heterocycles. The molecule has 0 spiro atoms. The average molecular weight is 291 g/mol. The van der Waals surface area contributed by atoms with E-state index in [1.807, 2.05) is 0 Å². The Hall–Kier alpha value is -2.01. The second-order valence-corrected chi connectivity index (χ2v) is 5.12. The number of halogens is 1. The van der Waals surface area contributed by atoms with Crippen LogP contribution in [0.4, 0.5) is 4.39 Å². The van der Waals surface area contributed by atoms with Gasteiger partial charge in [0, 0.05) is 10.6 Å². The van der Waals surface area contributed by atoms with Crippen LogP contribution in [0, 0.1) is 5.82 Å². The molecule has 2 N–H and O–H groups in total. The molecule has 104 valence electrons. The van der Waals surface area contributed by atoms with Crippen molar-refractivity contribution in [3.05, 3.63) is 59.9 Å². The second-order valence-electron chi connectivity index (χ2n) is 3.99. The van der Waals surface area contributed by atoms with Crippen molar-refractivity contribution in [2.24, 2.45) is 5.73 Å². The zero-order chi connectivity index (χ0) is 14.4. The number of rotatable bonds is 6. The number of carbonyl (C=O) groups excluding carboxylic acids is 1. The van der Waals surface area contributed by atoms with E-state index in [-0.39, 0.29) is 5.82 Å². The summed E-state index contributed by atoms with van der Waals surface area (Å²) in [4.78, 5) is 11.8. The van der Waals surface area contributed by atoms with E-state index in [4.69, 9.17) is 10.5 Å². The molecular formula is C15H14FNO2S. The highest BCUT2D eigenvalue weighted by atomic mass is 32.2. The molecule has 1 amide bonds. The van der Waals surface area contributed by atoms with E-state index >= 15 is 0 Å². The van der Waals surface area contributed by atoms with Crippen LogP contribution in [0.25, 0.3) is 0 Å². The molecule has 20 heavy (non-hydrogen) atoms. The maximum atomic E-state index is 13.4. The summed E-state index contributed by atoms with van der Waals surface area (Å²) >= 11 is 1.36. The summed E-state index contributed by atoms with van der Waals surface area (Å²) in [6, 6.07) is 13.4. The Kier molecular flexibility index (Phi) is 5.01. The van der Waals surface area contributed by atoms with E-state index < -0.39 is 5.91 Å².